The van der Waals surface area contributed by atoms with Crippen molar-refractivity contribution in [2.24, 2.45) is 5.92 Å². The SMILES string of the molecule is OC1CCCC1C1CCCN1Cc1ccncc1. The highest BCUT2D eigenvalue weighted by Gasteiger charge is 2.37. The first-order valence-electron chi connectivity index (χ1n) is 7.15. The van der Waals surface area contributed by atoms with E-state index in [1.807, 2.05) is 12.4 Å². The molecule has 1 aliphatic carbocycles. The Bertz CT molecular complexity index is 381. The second-order valence-electron chi connectivity index (χ2n) is 5.70. The van der Waals surface area contributed by atoms with Gasteiger partial charge in [-0.2, -0.15) is 0 Å². The molecule has 0 amide bonds. The van der Waals surface area contributed by atoms with Crippen molar-refractivity contribution < 1.29 is 5.11 Å². The lowest BCUT2D eigenvalue weighted by Gasteiger charge is -2.31. The van der Waals surface area contributed by atoms with Crippen molar-refractivity contribution in [2.75, 3.05) is 6.54 Å². The monoisotopic (exact) mass is 246 g/mol. The van der Waals surface area contributed by atoms with Gasteiger partial charge in [-0.25, -0.2) is 0 Å². The van der Waals surface area contributed by atoms with Gasteiger partial charge in [0, 0.05) is 30.9 Å². The summed E-state index contributed by atoms with van der Waals surface area (Å²) in [7, 11) is 0. The molecule has 3 nitrogen and oxygen atoms in total. The van der Waals surface area contributed by atoms with Gasteiger partial charge in [-0.3, -0.25) is 9.88 Å². The second kappa shape index (κ2) is 5.37. The number of aliphatic hydroxyl groups excluding tert-OH is 1. The molecule has 2 aliphatic rings. The van der Waals surface area contributed by atoms with Gasteiger partial charge in [0.1, 0.15) is 0 Å². The third kappa shape index (κ3) is 2.43. The molecule has 1 saturated carbocycles. The fraction of sp³-hybridized carbons (Fsp3) is 0.667. The van der Waals surface area contributed by atoms with Crippen molar-refractivity contribution in [1.82, 2.24) is 9.88 Å². The maximum Gasteiger partial charge on any atom is 0.0583 e. The van der Waals surface area contributed by atoms with E-state index in [1.54, 1.807) is 0 Å². The maximum atomic E-state index is 10.1. The molecule has 3 rings (SSSR count). The van der Waals surface area contributed by atoms with Crippen LogP contribution in [0.25, 0.3) is 0 Å². The quantitative estimate of drug-likeness (QED) is 0.888. The predicted molar refractivity (Wildman–Crippen MR) is 71.0 cm³/mol. The van der Waals surface area contributed by atoms with Crippen LogP contribution in [-0.4, -0.2) is 33.7 Å². The van der Waals surface area contributed by atoms with Crippen molar-refractivity contribution in [3.63, 3.8) is 0 Å². The summed E-state index contributed by atoms with van der Waals surface area (Å²) in [5.41, 5.74) is 1.34. The number of pyridine rings is 1. The average Bonchev–Trinajstić information content (AvgIpc) is 2.99. The van der Waals surface area contributed by atoms with Crippen LogP contribution in [0.1, 0.15) is 37.7 Å². The zero-order valence-corrected chi connectivity index (χ0v) is 10.8. The minimum Gasteiger partial charge on any atom is -0.393 e. The summed E-state index contributed by atoms with van der Waals surface area (Å²) >= 11 is 0. The minimum absolute atomic E-state index is 0.0620. The number of likely N-dealkylation sites (tertiary alicyclic amines) is 1. The molecule has 1 saturated heterocycles. The van der Waals surface area contributed by atoms with Crippen molar-refractivity contribution >= 4 is 0 Å². The third-order valence-electron chi connectivity index (χ3n) is 4.58. The molecule has 0 aromatic carbocycles. The lowest BCUT2D eigenvalue weighted by atomic mass is 9.94. The van der Waals surface area contributed by atoms with Gasteiger partial charge < -0.3 is 5.11 Å². The van der Waals surface area contributed by atoms with Crippen LogP contribution in [0.2, 0.25) is 0 Å². The van der Waals surface area contributed by atoms with Crippen LogP contribution in [0.5, 0.6) is 0 Å². The first-order chi connectivity index (χ1) is 8.84. The lowest BCUT2D eigenvalue weighted by molar-refractivity contribution is 0.0718. The molecular formula is C15H22N2O. The molecule has 3 atom stereocenters. The van der Waals surface area contributed by atoms with E-state index in [2.05, 4.69) is 22.0 Å². The van der Waals surface area contributed by atoms with Crippen LogP contribution in [0.15, 0.2) is 24.5 Å². The Kier molecular flexibility index (Phi) is 3.62. The summed E-state index contributed by atoms with van der Waals surface area (Å²) in [6.07, 6.45) is 9.61. The van der Waals surface area contributed by atoms with E-state index < -0.39 is 0 Å². The number of hydrogen-bond acceptors (Lipinski definition) is 3. The maximum absolute atomic E-state index is 10.1. The van der Waals surface area contributed by atoms with Gasteiger partial charge >= 0.3 is 0 Å². The molecule has 1 aromatic heterocycles. The van der Waals surface area contributed by atoms with Crippen molar-refractivity contribution in [2.45, 2.75) is 50.8 Å². The molecule has 0 bridgehead atoms. The summed E-state index contributed by atoms with van der Waals surface area (Å²) in [6.45, 7) is 2.19. The van der Waals surface area contributed by atoms with Crippen LogP contribution in [-0.2, 0) is 6.54 Å². The Morgan fingerprint density at radius 3 is 2.72 bits per heavy atom. The lowest BCUT2D eigenvalue weighted by Crippen LogP contribution is -2.38. The Hall–Kier alpha value is -0.930. The topological polar surface area (TPSA) is 36.4 Å². The average molecular weight is 246 g/mol. The van der Waals surface area contributed by atoms with Crippen molar-refractivity contribution in [3.05, 3.63) is 30.1 Å². The fourth-order valence-electron chi connectivity index (χ4n) is 3.67. The van der Waals surface area contributed by atoms with Gasteiger partial charge in [0.25, 0.3) is 0 Å². The molecule has 18 heavy (non-hydrogen) atoms. The largest absolute Gasteiger partial charge is 0.393 e. The highest BCUT2D eigenvalue weighted by atomic mass is 16.3. The normalized spacial score (nSPS) is 33.1. The van der Waals surface area contributed by atoms with Gasteiger partial charge in [-0.15, -0.1) is 0 Å². The smallest absolute Gasteiger partial charge is 0.0583 e. The molecule has 3 unspecified atom stereocenters. The standard InChI is InChI=1S/C15H22N2O/c18-15-5-1-3-13(15)14-4-2-10-17(14)11-12-6-8-16-9-7-12/h6-9,13-15,18H,1-5,10-11H2. The molecule has 1 aromatic rings. The molecule has 1 aliphatic heterocycles. The minimum atomic E-state index is -0.0620. The Balaban J connectivity index is 1.68. The highest BCUT2D eigenvalue weighted by Crippen LogP contribution is 2.36. The van der Waals surface area contributed by atoms with E-state index in [4.69, 9.17) is 0 Å². The molecular weight excluding hydrogens is 224 g/mol. The fourth-order valence-corrected chi connectivity index (χ4v) is 3.67. The van der Waals surface area contributed by atoms with Crippen LogP contribution in [0.4, 0.5) is 0 Å². The van der Waals surface area contributed by atoms with E-state index in [9.17, 15) is 5.11 Å². The van der Waals surface area contributed by atoms with Gasteiger partial charge in [-0.05, 0) is 49.9 Å². The van der Waals surface area contributed by atoms with E-state index in [0.29, 0.717) is 12.0 Å². The number of hydrogen-bond donors (Lipinski definition) is 1. The summed E-state index contributed by atoms with van der Waals surface area (Å²) in [6, 6.07) is 4.79. The molecule has 3 heteroatoms. The summed E-state index contributed by atoms with van der Waals surface area (Å²) < 4.78 is 0. The van der Waals surface area contributed by atoms with Crippen LogP contribution < -0.4 is 0 Å². The Morgan fingerprint density at radius 2 is 2.00 bits per heavy atom. The van der Waals surface area contributed by atoms with E-state index in [0.717, 1.165) is 13.0 Å². The number of aromatic nitrogens is 1. The zero-order valence-electron chi connectivity index (χ0n) is 10.8. The molecule has 1 N–H and O–H groups in total. The van der Waals surface area contributed by atoms with E-state index in [1.165, 1.54) is 37.8 Å². The van der Waals surface area contributed by atoms with E-state index in [-0.39, 0.29) is 6.10 Å². The third-order valence-corrected chi connectivity index (χ3v) is 4.58. The zero-order chi connectivity index (χ0) is 12.4. The Morgan fingerprint density at radius 1 is 1.17 bits per heavy atom. The summed E-state index contributed by atoms with van der Waals surface area (Å²) in [5.74, 6) is 0.509. The van der Waals surface area contributed by atoms with Crippen molar-refractivity contribution in [3.8, 4) is 0 Å². The van der Waals surface area contributed by atoms with Gasteiger partial charge in [-0.1, -0.05) is 6.42 Å². The number of aliphatic hydroxyl groups is 1. The van der Waals surface area contributed by atoms with Crippen LogP contribution in [0, 0.1) is 5.92 Å². The van der Waals surface area contributed by atoms with Crippen LogP contribution in [0.3, 0.4) is 0 Å². The number of rotatable bonds is 3. The van der Waals surface area contributed by atoms with Crippen LogP contribution >= 0.6 is 0 Å². The molecule has 98 valence electrons. The summed E-state index contributed by atoms with van der Waals surface area (Å²) in [4.78, 5) is 6.63. The molecule has 2 heterocycles. The predicted octanol–water partition coefficient (Wildman–Crippen LogP) is 2.21. The highest BCUT2D eigenvalue weighted by molar-refractivity contribution is 5.10. The Labute approximate surface area is 109 Å². The van der Waals surface area contributed by atoms with Crippen molar-refractivity contribution in [1.29, 1.82) is 0 Å². The molecule has 0 radical (unpaired) electrons. The summed E-state index contributed by atoms with van der Waals surface area (Å²) in [5, 5.41) is 10.1. The van der Waals surface area contributed by atoms with E-state index >= 15 is 0 Å². The van der Waals surface area contributed by atoms with Gasteiger partial charge in [0.05, 0.1) is 6.10 Å². The second-order valence-corrected chi connectivity index (χ2v) is 5.70. The first kappa shape index (κ1) is 12.1. The van der Waals surface area contributed by atoms with Gasteiger partial charge in [0.2, 0.25) is 0 Å². The molecule has 2 fully saturated rings. The first-order valence-corrected chi connectivity index (χ1v) is 7.15. The van der Waals surface area contributed by atoms with Gasteiger partial charge in [0.15, 0.2) is 0 Å². The number of nitrogens with zero attached hydrogens (tertiary/aromatic N) is 2. The molecule has 0 spiro atoms.